The summed E-state index contributed by atoms with van der Waals surface area (Å²) in [4.78, 5) is 37.9. The lowest BCUT2D eigenvalue weighted by Gasteiger charge is -2.19. The molecule has 1 atom stereocenters. The molecular formula is C21H17F3N2O4. The second-order valence-corrected chi connectivity index (χ2v) is 6.58. The Morgan fingerprint density at radius 1 is 1.10 bits per heavy atom. The quantitative estimate of drug-likeness (QED) is 0.752. The summed E-state index contributed by atoms with van der Waals surface area (Å²) in [6, 6.07) is 10.6. The van der Waals surface area contributed by atoms with E-state index in [0.717, 1.165) is 29.2 Å². The highest BCUT2D eigenvalue weighted by Gasteiger charge is 2.33. The first-order valence-corrected chi connectivity index (χ1v) is 8.85. The van der Waals surface area contributed by atoms with Gasteiger partial charge in [0.25, 0.3) is 11.8 Å². The molecule has 0 aliphatic carbocycles. The van der Waals surface area contributed by atoms with Crippen molar-refractivity contribution in [2.75, 3.05) is 11.9 Å². The Hall–Kier alpha value is -3.62. The van der Waals surface area contributed by atoms with Gasteiger partial charge in [0.1, 0.15) is 6.54 Å². The van der Waals surface area contributed by atoms with Gasteiger partial charge in [-0.15, -0.1) is 0 Å². The molecule has 2 amide bonds. The molecule has 1 unspecified atom stereocenters. The SMILES string of the molecule is C=C1c2ccccc2C(=O)N1CC(=O)OC(C)C(=O)Nc1ccc(C(F)(F)F)cc1. The summed E-state index contributed by atoms with van der Waals surface area (Å²) in [6.07, 6.45) is -5.71. The van der Waals surface area contributed by atoms with Gasteiger partial charge in [-0.3, -0.25) is 19.3 Å². The molecule has 1 aliphatic rings. The summed E-state index contributed by atoms with van der Waals surface area (Å²) < 4.78 is 42.8. The Morgan fingerprint density at radius 2 is 1.70 bits per heavy atom. The highest BCUT2D eigenvalue weighted by molar-refractivity contribution is 6.10. The topological polar surface area (TPSA) is 75.7 Å². The number of hydrogen-bond donors (Lipinski definition) is 1. The van der Waals surface area contributed by atoms with E-state index in [-0.39, 0.29) is 5.69 Å². The summed E-state index contributed by atoms with van der Waals surface area (Å²) in [5.74, 6) is -1.94. The number of nitrogens with zero attached hydrogens (tertiary/aromatic N) is 1. The van der Waals surface area contributed by atoms with Crippen molar-refractivity contribution < 1.29 is 32.3 Å². The number of amides is 2. The minimum Gasteiger partial charge on any atom is -0.451 e. The predicted octanol–water partition coefficient (Wildman–Crippen LogP) is 3.70. The number of carbonyl (C=O) groups excluding carboxylic acids is 3. The average Bonchev–Trinajstić information content (AvgIpc) is 2.93. The van der Waals surface area contributed by atoms with E-state index in [4.69, 9.17) is 4.74 Å². The first kappa shape index (κ1) is 21.1. The molecule has 2 aromatic carbocycles. The van der Waals surface area contributed by atoms with E-state index in [2.05, 4.69) is 11.9 Å². The van der Waals surface area contributed by atoms with Gasteiger partial charge < -0.3 is 10.1 Å². The van der Waals surface area contributed by atoms with Crippen LogP contribution in [0.1, 0.15) is 28.4 Å². The number of nitrogens with one attached hydrogen (secondary N) is 1. The second-order valence-electron chi connectivity index (χ2n) is 6.58. The average molecular weight is 418 g/mol. The van der Waals surface area contributed by atoms with Gasteiger partial charge in [0.05, 0.1) is 5.56 Å². The normalized spacial score (nSPS) is 14.3. The minimum absolute atomic E-state index is 0.120. The molecule has 0 bridgehead atoms. The van der Waals surface area contributed by atoms with Gasteiger partial charge in [-0.05, 0) is 37.3 Å². The third-order valence-electron chi connectivity index (χ3n) is 4.48. The zero-order valence-corrected chi connectivity index (χ0v) is 15.8. The van der Waals surface area contributed by atoms with Gasteiger partial charge in [0.15, 0.2) is 6.10 Å². The molecule has 156 valence electrons. The number of carbonyl (C=O) groups is 3. The molecular weight excluding hydrogens is 401 g/mol. The van der Waals surface area contributed by atoms with E-state index < -0.39 is 42.2 Å². The van der Waals surface area contributed by atoms with Crippen LogP contribution in [-0.2, 0) is 20.5 Å². The van der Waals surface area contributed by atoms with Crippen LogP contribution in [0, 0.1) is 0 Å². The maximum atomic E-state index is 12.6. The van der Waals surface area contributed by atoms with Crippen molar-refractivity contribution in [3.05, 3.63) is 71.8 Å². The van der Waals surface area contributed by atoms with Crippen LogP contribution in [0.25, 0.3) is 5.70 Å². The van der Waals surface area contributed by atoms with E-state index in [1.54, 1.807) is 24.3 Å². The maximum Gasteiger partial charge on any atom is 0.416 e. The Labute approximate surface area is 169 Å². The highest BCUT2D eigenvalue weighted by atomic mass is 19.4. The van der Waals surface area contributed by atoms with Crippen LogP contribution in [-0.4, -0.2) is 35.3 Å². The molecule has 30 heavy (non-hydrogen) atoms. The Kier molecular flexibility index (Phi) is 5.64. The van der Waals surface area contributed by atoms with Gasteiger partial charge in [-0.25, -0.2) is 0 Å². The number of fused-ring (bicyclic) bond motifs is 1. The van der Waals surface area contributed by atoms with Crippen molar-refractivity contribution in [3.63, 3.8) is 0 Å². The third kappa shape index (κ3) is 4.35. The second kappa shape index (κ2) is 8.02. The Balaban J connectivity index is 1.56. The first-order chi connectivity index (χ1) is 14.1. The fourth-order valence-corrected chi connectivity index (χ4v) is 2.91. The summed E-state index contributed by atoms with van der Waals surface area (Å²) in [5, 5.41) is 2.37. The number of esters is 1. The zero-order valence-electron chi connectivity index (χ0n) is 15.8. The number of hydrogen-bond acceptors (Lipinski definition) is 4. The molecule has 0 radical (unpaired) electrons. The minimum atomic E-state index is -4.48. The number of alkyl halides is 3. The standard InChI is InChI=1S/C21H17F3N2O4/c1-12-16-5-3-4-6-17(16)20(29)26(12)11-18(27)30-13(2)19(28)25-15-9-7-14(8-10-15)21(22,23)24/h3-10,13H,1,11H2,2H3,(H,25,28). The van der Waals surface area contributed by atoms with Crippen molar-refractivity contribution in [1.29, 1.82) is 0 Å². The van der Waals surface area contributed by atoms with E-state index in [1.165, 1.54) is 6.92 Å². The molecule has 2 aromatic rings. The van der Waals surface area contributed by atoms with Crippen molar-refractivity contribution >= 4 is 29.2 Å². The molecule has 0 aromatic heterocycles. The van der Waals surface area contributed by atoms with Gasteiger partial charge in [0.2, 0.25) is 0 Å². The number of halogens is 3. The van der Waals surface area contributed by atoms with Crippen molar-refractivity contribution in [1.82, 2.24) is 4.90 Å². The summed E-state index contributed by atoms with van der Waals surface area (Å²) in [5.41, 5.74) is 0.659. The van der Waals surface area contributed by atoms with E-state index in [1.807, 2.05) is 0 Å². The molecule has 1 heterocycles. The first-order valence-electron chi connectivity index (χ1n) is 8.85. The van der Waals surface area contributed by atoms with Crippen molar-refractivity contribution in [2.45, 2.75) is 19.2 Å². The molecule has 0 saturated carbocycles. The fraction of sp³-hybridized carbons (Fsp3) is 0.190. The number of benzene rings is 2. The van der Waals surface area contributed by atoms with Crippen molar-refractivity contribution in [2.24, 2.45) is 0 Å². The Morgan fingerprint density at radius 3 is 2.27 bits per heavy atom. The maximum absolute atomic E-state index is 12.6. The van der Waals surface area contributed by atoms with Crippen LogP contribution in [0.5, 0.6) is 0 Å². The Bertz CT molecular complexity index is 981. The number of anilines is 1. The number of rotatable bonds is 5. The predicted molar refractivity (Wildman–Crippen MR) is 102 cm³/mol. The molecule has 1 N–H and O–H groups in total. The molecule has 6 nitrogen and oxygen atoms in total. The van der Waals surface area contributed by atoms with Crippen LogP contribution >= 0.6 is 0 Å². The van der Waals surface area contributed by atoms with Crippen LogP contribution in [0.2, 0.25) is 0 Å². The van der Waals surface area contributed by atoms with Crippen LogP contribution in [0.15, 0.2) is 55.1 Å². The molecule has 3 rings (SSSR count). The zero-order chi connectivity index (χ0) is 22.1. The summed E-state index contributed by atoms with van der Waals surface area (Å²) >= 11 is 0. The lowest BCUT2D eigenvalue weighted by Crippen LogP contribution is -2.35. The summed E-state index contributed by atoms with van der Waals surface area (Å²) in [6.45, 7) is 4.70. The van der Waals surface area contributed by atoms with Gasteiger partial charge >= 0.3 is 12.1 Å². The van der Waals surface area contributed by atoms with Crippen LogP contribution in [0.4, 0.5) is 18.9 Å². The largest absolute Gasteiger partial charge is 0.451 e. The lowest BCUT2D eigenvalue weighted by atomic mass is 10.1. The van der Waals surface area contributed by atoms with Gasteiger partial charge in [0, 0.05) is 22.5 Å². The monoisotopic (exact) mass is 418 g/mol. The fourth-order valence-electron chi connectivity index (χ4n) is 2.91. The molecule has 0 spiro atoms. The van der Waals surface area contributed by atoms with E-state index >= 15 is 0 Å². The summed E-state index contributed by atoms with van der Waals surface area (Å²) in [7, 11) is 0. The van der Waals surface area contributed by atoms with Crippen molar-refractivity contribution in [3.8, 4) is 0 Å². The molecule has 0 fully saturated rings. The van der Waals surface area contributed by atoms with Gasteiger partial charge in [-0.1, -0.05) is 24.8 Å². The molecule has 9 heteroatoms. The third-order valence-corrected chi connectivity index (χ3v) is 4.48. The highest BCUT2D eigenvalue weighted by Crippen LogP contribution is 2.31. The smallest absolute Gasteiger partial charge is 0.416 e. The number of ether oxygens (including phenoxy) is 1. The molecule has 0 saturated heterocycles. The van der Waals surface area contributed by atoms with E-state index in [9.17, 15) is 27.6 Å². The van der Waals surface area contributed by atoms with E-state index in [0.29, 0.717) is 16.8 Å². The van der Waals surface area contributed by atoms with Gasteiger partial charge in [-0.2, -0.15) is 13.2 Å². The van der Waals surface area contributed by atoms with Crippen LogP contribution in [0.3, 0.4) is 0 Å². The lowest BCUT2D eigenvalue weighted by molar-refractivity contribution is -0.153. The van der Waals surface area contributed by atoms with Crippen LogP contribution < -0.4 is 5.32 Å². The molecule has 1 aliphatic heterocycles.